The van der Waals surface area contributed by atoms with Crippen molar-refractivity contribution in [1.29, 1.82) is 0 Å². The SMILES string of the molecule is Cc1ccc(C)c(OC2CC(N)C23CCCC3)c1. The smallest absolute Gasteiger partial charge is 0.122 e. The van der Waals surface area contributed by atoms with Crippen molar-refractivity contribution in [2.75, 3.05) is 0 Å². The van der Waals surface area contributed by atoms with Gasteiger partial charge in [-0.1, -0.05) is 25.0 Å². The quantitative estimate of drug-likeness (QED) is 0.867. The first kappa shape index (κ1) is 12.0. The van der Waals surface area contributed by atoms with E-state index in [9.17, 15) is 0 Å². The molecule has 98 valence electrons. The highest BCUT2D eigenvalue weighted by Gasteiger charge is 2.56. The van der Waals surface area contributed by atoms with E-state index in [1.54, 1.807) is 0 Å². The molecule has 3 rings (SSSR count). The van der Waals surface area contributed by atoms with Crippen LogP contribution >= 0.6 is 0 Å². The Hall–Kier alpha value is -1.02. The number of nitrogens with two attached hydrogens (primary N) is 1. The molecule has 2 nitrogen and oxygen atoms in total. The maximum Gasteiger partial charge on any atom is 0.122 e. The standard InChI is InChI=1S/C16H23NO/c1-11-5-6-12(2)13(9-11)18-15-10-14(17)16(15)7-3-4-8-16/h5-6,9,14-15H,3-4,7-8,10,17H2,1-2H3. The van der Waals surface area contributed by atoms with Crippen LogP contribution in [0.25, 0.3) is 0 Å². The molecule has 1 spiro atoms. The van der Waals surface area contributed by atoms with Gasteiger partial charge in [-0.15, -0.1) is 0 Å². The molecule has 0 radical (unpaired) electrons. The Kier molecular flexibility index (Phi) is 2.86. The lowest BCUT2D eigenvalue weighted by molar-refractivity contribution is -0.0623. The van der Waals surface area contributed by atoms with E-state index < -0.39 is 0 Å². The second kappa shape index (κ2) is 4.27. The van der Waals surface area contributed by atoms with Crippen LogP contribution in [0.3, 0.4) is 0 Å². The second-order valence-electron chi connectivity index (χ2n) is 6.16. The molecular weight excluding hydrogens is 222 g/mol. The van der Waals surface area contributed by atoms with Crippen molar-refractivity contribution in [2.45, 2.75) is 58.1 Å². The first-order chi connectivity index (χ1) is 8.62. The van der Waals surface area contributed by atoms with Crippen LogP contribution in [-0.2, 0) is 0 Å². The fraction of sp³-hybridized carbons (Fsp3) is 0.625. The predicted octanol–water partition coefficient (Wildman–Crippen LogP) is 3.34. The number of benzene rings is 1. The molecule has 2 aliphatic rings. The van der Waals surface area contributed by atoms with Crippen molar-refractivity contribution in [3.05, 3.63) is 29.3 Å². The summed E-state index contributed by atoms with van der Waals surface area (Å²) in [7, 11) is 0. The molecule has 2 aliphatic carbocycles. The number of aryl methyl sites for hydroxylation is 2. The zero-order valence-corrected chi connectivity index (χ0v) is 11.4. The Morgan fingerprint density at radius 2 is 1.94 bits per heavy atom. The highest BCUT2D eigenvalue weighted by Crippen LogP contribution is 2.53. The first-order valence-corrected chi connectivity index (χ1v) is 7.11. The topological polar surface area (TPSA) is 35.2 Å². The zero-order chi connectivity index (χ0) is 12.8. The molecule has 0 amide bonds. The van der Waals surface area contributed by atoms with E-state index in [1.807, 2.05) is 0 Å². The van der Waals surface area contributed by atoms with Gasteiger partial charge in [-0.3, -0.25) is 0 Å². The Labute approximate surface area is 110 Å². The molecular formula is C16H23NO. The highest BCUT2D eigenvalue weighted by atomic mass is 16.5. The van der Waals surface area contributed by atoms with E-state index in [-0.39, 0.29) is 5.41 Å². The molecule has 0 bridgehead atoms. The summed E-state index contributed by atoms with van der Waals surface area (Å²) in [5.41, 5.74) is 9.03. The molecule has 2 saturated carbocycles. The largest absolute Gasteiger partial charge is 0.489 e. The van der Waals surface area contributed by atoms with Crippen LogP contribution in [0.5, 0.6) is 5.75 Å². The van der Waals surface area contributed by atoms with Gasteiger partial charge in [0.25, 0.3) is 0 Å². The molecule has 2 N–H and O–H groups in total. The molecule has 0 saturated heterocycles. The van der Waals surface area contributed by atoms with Gasteiger partial charge >= 0.3 is 0 Å². The molecule has 1 aromatic rings. The van der Waals surface area contributed by atoms with Gasteiger partial charge in [-0.25, -0.2) is 0 Å². The monoisotopic (exact) mass is 245 g/mol. The summed E-state index contributed by atoms with van der Waals surface area (Å²) >= 11 is 0. The van der Waals surface area contributed by atoms with Crippen LogP contribution in [0.1, 0.15) is 43.2 Å². The summed E-state index contributed by atoms with van der Waals surface area (Å²) < 4.78 is 6.29. The summed E-state index contributed by atoms with van der Waals surface area (Å²) in [6.07, 6.45) is 6.51. The van der Waals surface area contributed by atoms with Crippen LogP contribution in [0.4, 0.5) is 0 Å². The van der Waals surface area contributed by atoms with E-state index in [0.29, 0.717) is 12.1 Å². The van der Waals surface area contributed by atoms with Crippen LogP contribution in [-0.4, -0.2) is 12.1 Å². The Bertz CT molecular complexity index is 448. The van der Waals surface area contributed by atoms with Crippen LogP contribution < -0.4 is 10.5 Å². The van der Waals surface area contributed by atoms with Crippen molar-refractivity contribution in [3.8, 4) is 5.75 Å². The molecule has 0 aromatic heterocycles. The maximum atomic E-state index is 6.29. The summed E-state index contributed by atoms with van der Waals surface area (Å²) in [4.78, 5) is 0. The Balaban J connectivity index is 1.79. The normalized spacial score (nSPS) is 29.3. The molecule has 2 atom stereocenters. The Morgan fingerprint density at radius 3 is 2.61 bits per heavy atom. The lowest BCUT2D eigenvalue weighted by Crippen LogP contribution is -2.62. The third kappa shape index (κ3) is 1.74. The van der Waals surface area contributed by atoms with Gasteiger partial charge in [-0.05, 0) is 43.9 Å². The lowest BCUT2D eigenvalue weighted by atomic mass is 9.61. The molecule has 0 aliphatic heterocycles. The van der Waals surface area contributed by atoms with Crippen LogP contribution in [0.2, 0.25) is 0 Å². The van der Waals surface area contributed by atoms with Gasteiger partial charge in [0.15, 0.2) is 0 Å². The average molecular weight is 245 g/mol. The lowest BCUT2D eigenvalue weighted by Gasteiger charge is -2.52. The van der Waals surface area contributed by atoms with Crippen molar-refractivity contribution >= 4 is 0 Å². The molecule has 1 aromatic carbocycles. The molecule has 2 fully saturated rings. The zero-order valence-electron chi connectivity index (χ0n) is 11.4. The first-order valence-electron chi connectivity index (χ1n) is 7.11. The van der Waals surface area contributed by atoms with E-state index in [2.05, 4.69) is 32.0 Å². The number of hydrogen-bond acceptors (Lipinski definition) is 2. The second-order valence-corrected chi connectivity index (χ2v) is 6.16. The number of rotatable bonds is 2. The minimum absolute atomic E-state index is 0.288. The van der Waals surface area contributed by atoms with Gasteiger partial charge < -0.3 is 10.5 Å². The van der Waals surface area contributed by atoms with Crippen molar-refractivity contribution in [1.82, 2.24) is 0 Å². The summed E-state index contributed by atoms with van der Waals surface area (Å²) in [6, 6.07) is 6.79. The van der Waals surface area contributed by atoms with Crippen molar-refractivity contribution < 1.29 is 4.74 Å². The number of hydrogen-bond donors (Lipinski definition) is 1. The molecule has 2 unspecified atom stereocenters. The third-order valence-electron chi connectivity index (χ3n) is 5.00. The van der Waals surface area contributed by atoms with Gasteiger partial charge in [0, 0.05) is 17.9 Å². The van der Waals surface area contributed by atoms with Gasteiger partial charge in [0.05, 0.1) is 0 Å². The van der Waals surface area contributed by atoms with Crippen molar-refractivity contribution in [3.63, 3.8) is 0 Å². The van der Waals surface area contributed by atoms with E-state index in [1.165, 1.54) is 36.8 Å². The van der Waals surface area contributed by atoms with E-state index in [4.69, 9.17) is 10.5 Å². The van der Waals surface area contributed by atoms with E-state index in [0.717, 1.165) is 12.2 Å². The minimum Gasteiger partial charge on any atom is -0.489 e. The molecule has 0 heterocycles. The van der Waals surface area contributed by atoms with E-state index >= 15 is 0 Å². The van der Waals surface area contributed by atoms with Gasteiger partial charge in [0.2, 0.25) is 0 Å². The maximum absolute atomic E-state index is 6.29. The summed E-state index contributed by atoms with van der Waals surface area (Å²) in [6.45, 7) is 4.23. The van der Waals surface area contributed by atoms with Gasteiger partial charge in [-0.2, -0.15) is 0 Å². The highest BCUT2D eigenvalue weighted by molar-refractivity contribution is 5.36. The summed E-state index contributed by atoms with van der Waals surface area (Å²) in [5.74, 6) is 1.05. The summed E-state index contributed by atoms with van der Waals surface area (Å²) in [5, 5.41) is 0. The fourth-order valence-electron chi connectivity index (χ4n) is 3.66. The molecule has 18 heavy (non-hydrogen) atoms. The average Bonchev–Trinajstić information content (AvgIpc) is 2.85. The van der Waals surface area contributed by atoms with Gasteiger partial charge in [0.1, 0.15) is 11.9 Å². The van der Waals surface area contributed by atoms with Crippen molar-refractivity contribution in [2.24, 2.45) is 11.1 Å². The Morgan fingerprint density at radius 1 is 1.22 bits per heavy atom. The fourth-order valence-corrected chi connectivity index (χ4v) is 3.66. The van der Waals surface area contributed by atoms with Crippen LogP contribution in [0.15, 0.2) is 18.2 Å². The number of ether oxygens (including phenoxy) is 1. The minimum atomic E-state index is 0.288. The van der Waals surface area contributed by atoms with Crippen LogP contribution in [0, 0.1) is 19.3 Å². The third-order valence-corrected chi connectivity index (χ3v) is 5.00. The molecule has 2 heteroatoms. The predicted molar refractivity (Wildman–Crippen MR) is 73.8 cm³/mol.